The lowest BCUT2D eigenvalue weighted by Crippen LogP contribution is -2.51. The fourth-order valence-electron chi connectivity index (χ4n) is 3.32. The maximum absolute atomic E-state index is 12.7. The summed E-state index contributed by atoms with van der Waals surface area (Å²) in [4.78, 5) is 24.8. The van der Waals surface area contributed by atoms with E-state index >= 15 is 0 Å². The molecule has 2 amide bonds. The molecule has 188 valence electrons. The Bertz CT molecular complexity index is 1110. The number of fused-ring (bicyclic) bond motifs is 1. The van der Waals surface area contributed by atoms with Crippen molar-refractivity contribution in [1.82, 2.24) is 25.2 Å². The van der Waals surface area contributed by atoms with Crippen LogP contribution in [-0.4, -0.2) is 45.3 Å². The largest absolute Gasteiger partial charge is 0.443 e. The van der Waals surface area contributed by atoms with Gasteiger partial charge in [-0.3, -0.25) is 9.20 Å². The number of carbonyl (C=O) groups excluding carboxylic acids is 2. The third kappa shape index (κ3) is 7.49. The lowest BCUT2D eigenvalue weighted by molar-refractivity contribution is -0.126. The number of nitrogens with one attached hydrogen (secondary N) is 2. The molecular formula is C25H34N6O4. The number of ether oxygens (including phenoxy) is 2. The maximum Gasteiger partial charge on any atom is 0.407 e. The number of nitrogens with zero attached hydrogens (tertiary/aromatic N) is 3. The van der Waals surface area contributed by atoms with E-state index in [9.17, 15) is 9.59 Å². The Hall–Kier alpha value is -3.50. The standard InChI is InChI=1S/C25H34N6O4/c1-4-5-14-27-24(33)35-16-19-12-9-13-21-29-30-22(31(19)21)20(28-23(32)25(2,3)26)17-34-15-18-10-7-6-8-11-18/h6-13,20H,4-5,14-17,26H2,1-3H3,(H,27,33)(H,28,32)/t20-/m1/s1. The van der Waals surface area contributed by atoms with Gasteiger partial charge in [0.15, 0.2) is 11.5 Å². The van der Waals surface area contributed by atoms with Crippen LogP contribution in [0.3, 0.4) is 0 Å². The zero-order valence-electron chi connectivity index (χ0n) is 20.5. The maximum atomic E-state index is 12.7. The number of hydrogen-bond donors (Lipinski definition) is 3. The molecule has 4 N–H and O–H groups in total. The lowest BCUT2D eigenvalue weighted by atomic mass is 10.1. The summed E-state index contributed by atoms with van der Waals surface area (Å²) in [6.07, 6.45) is 1.36. The zero-order chi connectivity index (χ0) is 25.3. The van der Waals surface area contributed by atoms with Gasteiger partial charge >= 0.3 is 6.09 Å². The van der Waals surface area contributed by atoms with Crippen LogP contribution in [0.15, 0.2) is 48.5 Å². The van der Waals surface area contributed by atoms with Gasteiger partial charge in [0.25, 0.3) is 0 Å². The average molecular weight is 483 g/mol. The fourth-order valence-corrected chi connectivity index (χ4v) is 3.32. The third-order valence-corrected chi connectivity index (χ3v) is 5.28. The number of rotatable bonds is 12. The zero-order valence-corrected chi connectivity index (χ0v) is 20.5. The van der Waals surface area contributed by atoms with Crippen molar-refractivity contribution in [3.05, 3.63) is 65.6 Å². The number of pyridine rings is 1. The van der Waals surface area contributed by atoms with Gasteiger partial charge in [-0.25, -0.2) is 4.79 Å². The average Bonchev–Trinajstić information content (AvgIpc) is 3.27. The van der Waals surface area contributed by atoms with Gasteiger partial charge in [0.2, 0.25) is 5.91 Å². The smallest absolute Gasteiger partial charge is 0.407 e. The van der Waals surface area contributed by atoms with Gasteiger partial charge in [-0.2, -0.15) is 0 Å². The molecule has 10 nitrogen and oxygen atoms in total. The van der Waals surface area contributed by atoms with Gasteiger partial charge in [0.05, 0.1) is 24.4 Å². The van der Waals surface area contributed by atoms with Crippen molar-refractivity contribution in [2.24, 2.45) is 5.73 Å². The minimum absolute atomic E-state index is 0.00819. The summed E-state index contributed by atoms with van der Waals surface area (Å²) in [5, 5.41) is 14.2. The highest BCUT2D eigenvalue weighted by Crippen LogP contribution is 2.18. The van der Waals surface area contributed by atoms with Crippen molar-refractivity contribution >= 4 is 17.6 Å². The topological polar surface area (TPSA) is 133 Å². The Morgan fingerprint density at radius 3 is 2.57 bits per heavy atom. The number of nitrogens with two attached hydrogens (primary N) is 1. The van der Waals surface area contributed by atoms with Crippen LogP contribution in [0.4, 0.5) is 4.79 Å². The van der Waals surface area contributed by atoms with Crippen LogP contribution >= 0.6 is 0 Å². The predicted octanol–water partition coefficient (Wildman–Crippen LogP) is 2.87. The highest BCUT2D eigenvalue weighted by atomic mass is 16.5. The van der Waals surface area contributed by atoms with E-state index in [-0.39, 0.29) is 19.1 Å². The summed E-state index contributed by atoms with van der Waals surface area (Å²) in [5.41, 5.74) is 7.14. The van der Waals surface area contributed by atoms with E-state index < -0.39 is 17.7 Å². The normalized spacial score (nSPS) is 12.3. The fraction of sp³-hybridized carbons (Fsp3) is 0.440. The highest BCUT2D eigenvalue weighted by molar-refractivity contribution is 5.85. The molecule has 0 aliphatic heterocycles. The number of amides is 2. The van der Waals surface area contributed by atoms with Crippen LogP contribution < -0.4 is 16.4 Å². The second-order valence-corrected chi connectivity index (χ2v) is 8.87. The Morgan fingerprint density at radius 2 is 1.86 bits per heavy atom. The molecule has 3 aromatic rings. The number of benzene rings is 1. The van der Waals surface area contributed by atoms with Crippen molar-refractivity contribution in [2.45, 2.75) is 58.4 Å². The minimum Gasteiger partial charge on any atom is -0.443 e. The summed E-state index contributed by atoms with van der Waals surface area (Å²) in [6.45, 7) is 6.37. The summed E-state index contributed by atoms with van der Waals surface area (Å²) in [7, 11) is 0. The molecule has 0 aliphatic rings. The highest BCUT2D eigenvalue weighted by Gasteiger charge is 2.28. The number of unbranched alkanes of at least 4 members (excludes halogenated alkanes) is 1. The molecule has 0 saturated carbocycles. The number of carbonyl (C=O) groups is 2. The van der Waals surface area contributed by atoms with Crippen LogP contribution in [0.5, 0.6) is 0 Å². The monoisotopic (exact) mass is 482 g/mol. The second kappa shape index (κ2) is 12.3. The first-order chi connectivity index (χ1) is 16.8. The number of hydrogen-bond acceptors (Lipinski definition) is 7. The summed E-state index contributed by atoms with van der Waals surface area (Å²) in [6, 6.07) is 14.5. The molecule has 2 aromatic heterocycles. The second-order valence-electron chi connectivity index (χ2n) is 8.87. The van der Waals surface area contributed by atoms with E-state index in [1.807, 2.05) is 49.4 Å². The molecule has 10 heteroatoms. The van der Waals surface area contributed by atoms with E-state index in [1.165, 1.54) is 0 Å². The van der Waals surface area contributed by atoms with Gasteiger partial charge in [-0.1, -0.05) is 49.7 Å². The quantitative estimate of drug-likeness (QED) is 0.338. The van der Waals surface area contributed by atoms with Crippen molar-refractivity contribution < 1.29 is 19.1 Å². The Kier molecular flexibility index (Phi) is 9.16. The molecule has 2 heterocycles. The first-order valence-corrected chi connectivity index (χ1v) is 11.7. The molecule has 0 saturated heterocycles. The molecule has 1 aromatic carbocycles. The lowest BCUT2D eigenvalue weighted by Gasteiger charge is -2.24. The minimum atomic E-state index is -1.10. The van der Waals surface area contributed by atoms with Gasteiger partial charge in [0, 0.05) is 6.54 Å². The predicted molar refractivity (Wildman–Crippen MR) is 131 cm³/mol. The van der Waals surface area contributed by atoms with E-state index in [0.29, 0.717) is 30.3 Å². The molecule has 0 spiro atoms. The van der Waals surface area contributed by atoms with Gasteiger partial charge in [-0.05, 0) is 38.0 Å². The van der Waals surface area contributed by atoms with Crippen LogP contribution in [0.25, 0.3) is 5.65 Å². The number of aromatic nitrogens is 3. The van der Waals surface area contributed by atoms with Gasteiger partial charge in [-0.15, -0.1) is 10.2 Å². The van der Waals surface area contributed by atoms with Crippen molar-refractivity contribution in [1.29, 1.82) is 0 Å². The summed E-state index contributed by atoms with van der Waals surface area (Å²) < 4.78 is 13.1. The van der Waals surface area contributed by atoms with E-state index in [4.69, 9.17) is 15.2 Å². The Labute approximate surface area is 205 Å². The molecule has 35 heavy (non-hydrogen) atoms. The van der Waals surface area contributed by atoms with Crippen LogP contribution in [0.1, 0.15) is 56.7 Å². The van der Waals surface area contributed by atoms with Crippen molar-refractivity contribution in [3.63, 3.8) is 0 Å². The van der Waals surface area contributed by atoms with Gasteiger partial charge < -0.3 is 25.8 Å². The Balaban J connectivity index is 1.81. The van der Waals surface area contributed by atoms with Gasteiger partial charge in [0.1, 0.15) is 12.6 Å². The molecule has 0 unspecified atom stereocenters. The van der Waals surface area contributed by atoms with Crippen molar-refractivity contribution in [3.8, 4) is 0 Å². The van der Waals surface area contributed by atoms with E-state index in [1.54, 1.807) is 24.3 Å². The van der Waals surface area contributed by atoms with Crippen LogP contribution in [0.2, 0.25) is 0 Å². The Morgan fingerprint density at radius 1 is 1.09 bits per heavy atom. The molecule has 1 atom stereocenters. The third-order valence-electron chi connectivity index (χ3n) is 5.28. The SMILES string of the molecule is CCCCNC(=O)OCc1cccc2nnc([C@@H](COCc3ccccc3)NC(=O)C(C)(C)N)n12. The molecule has 3 rings (SSSR count). The number of alkyl carbamates (subject to hydrolysis) is 1. The molecule has 0 aliphatic carbocycles. The van der Waals surface area contributed by atoms with Crippen LogP contribution in [0, 0.1) is 0 Å². The first kappa shape index (κ1) is 26.1. The van der Waals surface area contributed by atoms with E-state index in [2.05, 4.69) is 20.8 Å². The van der Waals surface area contributed by atoms with Crippen molar-refractivity contribution in [2.75, 3.05) is 13.2 Å². The van der Waals surface area contributed by atoms with Crippen LogP contribution in [-0.2, 0) is 27.5 Å². The molecule has 0 bridgehead atoms. The summed E-state index contributed by atoms with van der Waals surface area (Å²) in [5.74, 6) is 0.0999. The molecular weight excluding hydrogens is 448 g/mol. The molecule has 0 fully saturated rings. The van der Waals surface area contributed by atoms with E-state index in [0.717, 1.165) is 18.4 Å². The molecule has 0 radical (unpaired) electrons. The summed E-state index contributed by atoms with van der Waals surface area (Å²) >= 11 is 0. The first-order valence-electron chi connectivity index (χ1n) is 11.7.